The van der Waals surface area contributed by atoms with Crippen molar-refractivity contribution < 1.29 is 5.11 Å². The standard InChI is InChI=1S/C17H16ClN3O/c18-14-3-1-13(2-4-14)17(22)7-9-21(10-8-17)16-6-5-15(11-19)20-12-16/h1-6,12,22H,7-10H2. The molecule has 0 saturated carbocycles. The second-order valence-electron chi connectivity index (χ2n) is 5.54. The minimum atomic E-state index is -0.804. The third-order valence-corrected chi connectivity index (χ3v) is 4.45. The number of hydrogen-bond donors (Lipinski definition) is 1. The fourth-order valence-corrected chi connectivity index (χ4v) is 2.95. The molecule has 3 rings (SSSR count). The molecule has 0 atom stereocenters. The number of pyridine rings is 1. The van der Waals surface area contributed by atoms with E-state index in [9.17, 15) is 5.11 Å². The Kier molecular flexibility index (Phi) is 4.02. The van der Waals surface area contributed by atoms with Crippen LogP contribution in [-0.4, -0.2) is 23.2 Å². The summed E-state index contributed by atoms with van der Waals surface area (Å²) in [6.07, 6.45) is 3.01. The van der Waals surface area contributed by atoms with Crippen LogP contribution in [0.1, 0.15) is 24.1 Å². The van der Waals surface area contributed by atoms with Gasteiger partial charge >= 0.3 is 0 Å². The predicted molar refractivity (Wildman–Crippen MR) is 85.7 cm³/mol. The van der Waals surface area contributed by atoms with Gasteiger partial charge in [-0.3, -0.25) is 0 Å². The third kappa shape index (κ3) is 2.92. The summed E-state index contributed by atoms with van der Waals surface area (Å²) in [5, 5.41) is 20.3. The van der Waals surface area contributed by atoms with Crippen molar-refractivity contribution in [2.24, 2.45) is 0 Å². The Labute approximate surface area is 134 Å². The highest BCUT2D eigenvalue weighted by molar-refractivity contribution is 6.30. The maximum Gasteiger partial charge on any atom is 0.140 e. The third-order valence-electron chi connectivity index (χ3n) is 4.20. The molecule has 0 unspecified atom stereocenters. The van der Waals surface area contributed by atoms with Crippen molar-refractivity contribution in [2.45, 2.75) is 18.4 Å². The predicted octanol–water partition coefficient (Wildman–Crippen LogP) is 3.09. The summed E-state index contributed by atoms with van der Waals surface area (Å²) in [5.74, 6) is 0. The van der Waals surface area contributed by atoms with Crippen LogP contribution in [0.25, 0.3) is 0 Å². The highest BCUT2D eigenvalue weighted by Crippen LogP contribution is 2.34. The zero-order valence-corrected chi connectivity index (χ0v) is 12.8. The highest BCUT2D eigenvalue weighted by atomic mass is 35.5. The van der Waals surface area contributed by atoms with Crippen LogP contribution in [-0.2, 0) is 5.60 Å². The van der Waals surface area contributed by atoms with Crippen molar-refractivity contribution in [3.05, 3.63) is 58.9 Å². The second kappa shape index (κ2) is 5.96. The first-order chi connectivity index (χ1) is 10.6. The maximum atomic E-state index is 10.9. The highest BCUT2D eigenvalue weighted by Gasteiger charge is 2.34. The molecule has 2 heterocycles. The Morgan fingerprint density at radius 2 is 1.82 bits per heavy atom. The SMILES string of the molecule is N#Cc1ccc(N2CCC(O)(c3ccc(Cl)cc3)CC2)cn1. The van der Waals surface area contributed by atoms with Crippen LogP contribution in [0.2, 0.25) is 5.02 Å². The lowest BCUT2D eigenvalue weighted by Gasteiger charge is -2.39. The Morgan fingerprint density at radius 1 is 1.14 bits per heavy atom. The fourth-order valence-electron chi connectivity index (χ4n) is 2.82. The van der Waals surface area contributed by atoms with Crippen LogP contribution in [0.15, 0.2) is 42.6 Å². The molecule has 112 valence electrons. The van der Waals surface area contributed by atoms with Crippen LogP contribution in [0, 0.1) is 11.3 Å². The minimum Gasteiger partial charge on any atom is -0.385 e. The lowest BCUT2D eigenvalue weighted by molar-refractivity contribution is 0.0118. The number of aliphatic hydroxyl groups is 1. The Balaban J connectivity index is 1.71. The lowest BCUT2D eigenvalue weighted by Crippen LogP contribution is -2.42. The van der Waals surface area contributed by atoms with Gasteiger partial charge in [-0.05, 0) is 42.7 Å². The van der Waals surface area contributed by atoms with Gasteiger partial charge < -0.3 is 10.0 Å². The second-order valence-corrected chi connectivity index (χ2v) is 5.98. The van der Waals surface area contributed by atoms with Crippen LogP contribution < -0.4 is 4.90 Å². The number of aromatic nitrogens is 1. The van der Waals surface area contributed by atoms with E-state index < -0.39 is 5.60 Å². The number of halogens is 1. The van der Waals surface area contributed by atoms with E-state index in [2.05, 4.69) is 9.88 Å². The number of hydrogen-bond acceptors (Lipinski definition) is 4. The Bertz CT molecular complexity index is 683. The first kappa shape index (κ1) is 14.8. The zero-order valence-electron chi connectivity index (χ0n) is 12.0. The van der Waals surface area contributed by atoms with Gasteiger partial charge in [0.15, 0.2) is 0 Å². The molecule has 5 heteroatoms. The molecule has 1 aromatic heterocycles. The maximum absolute atomic E-state index is 10.9. The molecule has 1 fully saturated rings. The van der Waals surface area contributed by atoms with Crippen molar-refractivity contribution in [3.63, 3.8) is 0 Å². The smallest absolute Gasteiger partial charge is 0.140 e. The fraction of sp³-hybridized carbons (Fsp3) is 0.294. The van der Waals surface area contributed by atoms with Gasteiger partial charge in [-0.25, -0.2) is 4.98 Å². The normalized spacial score (nSPS) is 17.0. The number of rotatable bonds is 2. The van der Waals surface area contributed by atoms with E-state index in [0.29, 0.717) is 23.6 Å². The molecule has 22 heavy (non-hydrogen) atoms. The molecule has 1 N–H and O–H groups in total. The molecular weight excluding hydrogens is 298 g/mol. The lowest BCUT2D eigenvalue weighted by atomic mass is 9.84. The molecule has 1 aliphatic rings. The molecule has 1 saturated heterocycles. The van der Waals surface area contributed by atoms with Gasteiger partial charge in [-0.15, -0.1) is 0 Å². The molecule has 0 bridgehead atoms. The van der Waals surface area contributed by atoms with E-state index in [1.807, 2.05) is 36.4 Å². The molecule has 4 nitrogen and oxygen atoms in total. The summed E-state index contributed by atoms with van der Waals surface area (Å²) < 4.78 is 0. The van der Waals surface area contributed by atoms with Crippen molar-refractivity contribution in [2.75, 3.05) is 18.0 Å². The Hall–Kier alpha value is -2.09. The number of nitriles is 1. The van der Waals surface area contributed by atoms with Gasteiger partial charge in [-0.1, -0.05) is 23.7 Å². The van der Waals surface area contributed by atoms with Gasteiger partial charge in [0, 0.05) is 18.1 Å². The van der Waals surface area contributed by atoms with Crippen molar-refractivity contribution in [3.8, 4) is 6.07 Å². The molecule has 0 spiro atoms. The average Bonchev–Trinajstić information content (AvgIpc) is 2.56. The first-order valence-corrected chi connectivity index (χ1v) is 7.58. The zero-order chi connectivity index (χ0) is 15.6. The van der Waals surface area contributed by atoms with Gasteiger partial charge in [0.2, 0.25) is 0 Å². The number of anilines is 1. The van der Waals surface area contributed by atoms with E-state index in [0.717, 1.165) is 24.3 Å². The van der Waals surface area contributed by atoms with Crippen LogP contribution >= 0.6 is 11.6 Å². The van der Waals surface area contributed by atoms with Crippen molar-refractivity contribution >= 4 is 17.3 Å². The van der Waals surface area contributed by atoms with Gasteiger partial charge in [0.1, 0.15) is 11.8 Å². The van der Waals surface area contributed by atoms with E-state index in [4.69, 9.17) is 16.9 Å². The van der Waals surface area contributed by atoms with Gasteiger partial charge in [-0.2, -0.15) is 5.26 Å². The number of benzene rings is 1. The molecule has 1 aliphatic heterocycles. The summed E-state index contributed by atoms with van der Waals surface area (Å²) in [6, 6.07) is 13.0. The monoisotopic (exact) mass is 313 g/mol. The average molecular weight is 314 g/mol. The summed E-state index contributed by atoms with van der Waals surface area (Å²) in [6.45, 7) is 1.49. The van der Waals surface area contributed by atoms with Crippen LogP contribution in [0.3, 0.4) is 0 Å². The summed E-state index contributed by atoms with van der Waals surface area (Å²) in [4.78, 5) is 6.28. The molecule has 2 aromatic rings. The van der Waals surface area contributed by atoms with Gasteiger partial charge in [0.05, 0.1) is 17.5 Å². The van der Waals surface area contributed by atoms with Crippen LogP contribution in [0.4, 0.5) is 5.69 Å². The Morgan fingerprint density at radius 3 is 2.36 bits per heavy atom. The van der Waals surface area contributed by atoms with E-state index in [1.54, 1.807) is 12.3 Å². The molecule has 1 aromatic carbocycles. The molecular formula is C17H16ClN3O. The quantitative estimate of drug-likeness (QED) is 0.925. The van der Waals surface area contributed by atoms with E-state index in [-0.39, 0.29) is 0 Å². The van der Waals surface area contributed by atoms with E-state index in [1.165, 1.54) is 0 Å². The molecule has 0 amide bonds. The summed E-state index contributed by atoms with van der Waals surface area (Å²) >= 11 is 5.90. The first-order valence-electron chi connectivity index (χ1n) is 7.20. The van der Waals surface area contributed by atoms with Gasteiger partial charge in [0.25, 0.3) is 0 Å². The van der Waals surface area contributed by atoms with E-state index >= 15 is 0 Å². The van der Waals surface area contributed by atoms with Crippen molar-refractivity contribution in [1.82, 2.24) is 4.98 Å². The molecule has 0 radical (unpaired) electrons. The molecule has 0 aliphatic carbocycles. The minimum absolute atomic E-state index is 0.415. The van der Waals surface area contributed by atoms with Crippen molar-refractivity contribution in [1.29, 1.82) is 5.26 Å². The topological polar surface area (TPSA) is 60.2 Å². The number of nitrogens with zero attached hydrogens (tertiary/aromatic N) is 3. The summed E-state index contributed by atoms with van der Waals surface area (Å²) in [7, 11) is 0. The van der Waals surface area contributed by atoms with Crippen LogP contribution in [0.5, 0.6) is 0 Å². The number of piperidine rings is 1. The summed E-state index contributed by atoms with van der Waals surface area (Å²) in [5.41, 5.74) is 1.51. The largest absolute Gasteiger partial charge is 0.385 e.